The quantitative estimate of drug-likeness (QED) is 0.330. The number of anilines is 1. The first-order valence-electron chi connectivity index (χ1n) is 9.18. The third kappa shape index (κ3) is 5.28. The standard InChI is InChI=1S/C19H14BrClN6O4S2/c1-27(10-15-22-16(26-31-15)11-5-4-6-12(20)9-11)33(29,30)19-25-24-18(32-19)23-17(28)13-7-2-3-8-14(13)21/h2-9H,10H2,1H3,(H,23,24,28). The minimum atomic E-state index is -4.02. The van der Waals surface area contributed by atoms with Crippen LogP contribution in [0.4, 0.5) is 5.13 Å². The van der Waals surface area contributed by atoms with Crippen LogP contribution < -0.4 is 5.32 Å². The molecule has 2 aromatic carbocycles. The predicted octanol–water partition coefficient (Wildman–Crippen LogP) is 4.08. The highest BCUT2D eigenvalue weighted by Crippen LogP contribution is 2.26. The molecule has 33 heavy (non-hydrogen) atoms. The van der Waals surface area contributed by atoms with Gasteiger partial charge in [0.05, 0.1) is 17.1 Å². The van der Waals surface area contributed by atoms with Gasteiger partial charge in [-0.1, -0.05) is 68.3 Å². The summed E-state index contributed by atoms with van der Waals surface area (Å²) in [7, 11) is -2.67. The minimum Gasteiger partial charge on any atom is -0.338 e. The van der Waals surface area contributed by atoms with Gasteiger partial charge in [-0.15, -0.1) is 10.2 Å². The Morgan fingerprint density at radius 2 is 2.00 bits per heavy atom. The smallest absolute Gasteiger partial charge is 0.272 e. The lowest BCUT2D eigenvalue weighted by atomic mass is 10.2. The van der Waals surface area contributed by atoms with Gasteiger partial charge in [-0.3, -0.25) is 10.1 Å². The summed E-state index contributed by atoms with van der Waals surface area (Å²) in [6, 6.07) is 13.8. The number of nitrogens with zero attached hydrogens (tertiary/aromatic N) is 5. The van der Waals surface area contributed by atoms with Crippen LogP contribution in [0.5, 0.6) is 0 Å². The summed E-state index contributed by atoms with van der Waals surface area (Å²) in [4.78, 5) is 16.6. The van der Waals surface area contributed by atoms with Gasteiger partial charge >= 0.3 is 0 Å². The highest BCUT2D eigenvalue weighted by molar-refractivity contribution is 9.10. The number of carbonyl (C=O) groups is 1. The highest BCUT2D eigenvalue weighted by atomic mass is 79.9. The molecule has 0 fully saturated rings. The van der Waals surface area contributed by atoms with Gasteiger partial charge in [-0.05, 0) is 24.3 Å². The molecule has 1 amide bonds. The molecule has 0 saturated carbocycles. The summed E-state index contributed by atoms with van der Waals surface area (Å²) in [6.07, 6.45) is 0. The lowest BCUT2D eigenvalue weighted by Crippen LogP contribution is -2.26. The average Bonchev–Trinajstić information content (AvgIpc) is 3.44. The van der Waals surface area contributed by atoms with Gasteiger partial charge in [0, 0.05) is 17.1 Å². The Kier molecular flexibility index (Phi) is 6.86. The summed E-state index contributed by atoms with van der Waals surface area (Å²) in [6.45, 7) is -0.176. The fraction of sp³-hybridized carbons (Fsp3) is 0.105. The summed E-state index contributed by atoms with van der Waals surface area (Å²) in [5.41, 5.74) is 0.946. The molecular weight excluding hydrogens is 556 g/mol. The van der Waals surface area contributed by atoms with Gasteiger partial charge in [0.2, 0.25) is 21.2 Å². The molecule has 0 aliphatic rings. The molecule has 0 aliphatic heterocycles. The van der Waals surface area contributed by atoms with E-state index in [9.17, 15) is 13.2 Å². The van der Waals surface area contributed by atoms with Crippen LogP contribution in [0.2, 0.25) is 5.02 Å². The maximum atomic E-state index is 12.9. The number of nitrogens with one attached hydrogen (secondary N) is 1. The zero-order valence-electron chi connectivity index (χ0n) is 16.8. The Morgan fingerprint density at radius 1 is 1.21 bits per heavy atom. The number of rotatable bonds is 7. The van der Waals surface area contributed by atoms with E-state index in [-0.39, 0.29) is 32.5 Å². The Morgan fingerprint density at radius 3 is 2.76 bits per heavy atom. The first kappa shape index (κ1) is 23.4. The van der Waals surface area contributed by atoms with Gasteiger partial charge in [-0.2, -0.15) is 9.29 Å². The SMILES string of the molecule is CN(Cc1nc(-c2cccc(Br)c2)no1)S(=O)(=O)c1nnc(NC(=O)c2ccccc2Cl)s1. The van der Waals surface area contributed by atoms with Gasteiger partial charge in [-0.25, -0.2) is 8.42 Å². The molecular formula is C19H14BrClN6O4S2. The van der Waals surface area contributed by atoms with Crippen LogP contribution in [0.3, 0.4) is 0 Å². The molecule has 4 rings (SSSR count). The van der Waals surface area contributed by atoms with Crippen molar-refractivity contribution in [3.05, 3.63) is 69.5 Å². The molecule has 4 aromatic rings. The molecule has 0 saturated heterocycles. The minimum absolute atomic E-state index is 0.0154. The van der Waals surface area contributed by atoms with E-state index in [2.05, 4.69) is 41.6 Å². The highest BCUT2D eigenvalue weighted by Gasteiger charge is 2.28. The van der Waals surface area contributed by atoms with Gasteiger partial charge in [0.25, 0.3) is 15.9 Å². The molecule has 0 radical (unpaired) electrons. The van der Waals surface area contributed by atoms with Crippen LogP contribution in [0, 0.1) is 0 Å². The molecule has 0 unspecified atom stereocenters. The molecule has 0 spiro atoms. The number of benzene rings is 2. The average molecular weight is 570 g/mol. The van der Waals surface area contributed by atoms with Crippen molar-refractivity contribution in [3.63, 3.8) is 0 Å². The largest absolute Gasteiger partial charge is 0.338 e. The van der Waals surface area contributed by atoms with Crippen molar-refractivity contribution < 1.29 is 17.7 Å². The molecule has 1 N–H and O–H groups in total. The number of carbonyl (C=O) groups excluding carboxylic acids is 1. The second-order valence-electron chi connectivity index (χ2n) is 6.59. The van der Waals surface area contributed by atoms with Crippen molar-refractivity contribution in [3.8, 4) is 11.4 Å². The van der Waals surface area contributed by atoms with Crippen molar-refractivity contribution >= 4 is 59.9 Å². The first-order valence-corrected chi connectivity index (χ1v) is 12.6. The van der Waals surface area contributed by atoms with Crippen molar-refractivity contribution in [1.29, 1.82) is 0 Å². The molecule has 14 heteroatoms. The number of halogens is 2. The summed E-state index contributed by atoms with van der Waals surface area (Å²) >= 11 is 10.1. The molecule has 170 valence electrons. The maximum Gasteiger partial charge on any atom is 0.272 e. The van der Waals surface area contributed by atoms with Gasteiger partial charge < -0.3 is 4.52 Å². The third-order valence-electron chi connectivity index (χ3n) is 4.29. The Hall–Kier alpha value is -2.71. The van der Waals surface area contributed by atoms with E-state index in [0.717, 1.165) is 8.78 Å². The van der Waals surface area contributed by atoms with E-state index in [0.29, 0.717) is 22.7 Å². The maximum absolute atomic E-state index is 12.9. The van der Waals surface area contributed by atoms with Crippen LogP contribution in [0.15, 0.2) is 61.9 Å². The second-order valence-corrected chi connectivity index (χ2v) is 11.1. The predicted molar refractivity (Wildman–Crippen MR) is 125 cm³/mol. The van der Waals surface area contributed by atoms with Gasteiger partial charge in [0.15, 0.2) is 0 Å². The van der Waals surface area contributed by atoms with Crippen LogP contribution in [-0.4, -0.2) is 46.0 Å². The first-order chi connectivity index (χ1) is 15.7. The number of hydrogen-bond donors (Lipinski definition) is 1. The summed E-state index contributed by atoms with van der Waals surface area (Å²) in [5.74, 6) is -0.0922. The Labute approximate surface area is 205 Å². The zero-order valence-corrected chi connectivity index (χ0v) is 20.7. The fourth-order valence-electron chi connectivity index (χ4n) is 2.65. The monoisotopic (exact) mass is 568 g/mol. The number of sulfonamides is 1. The van der Waals surface area contributed by atoms with Crippen LogP contribution in [0.1, 0.15) is 16.2 Å². The number of amides is 1. The molecule has 0 aliphatic carbocycles. The van der Waals surface area contributed by atoms with Crippen LogP contribution in [-0.2, 0) is 16.6 Å². The summed E-state index contributed by atoms with van der Waals surface area (Å²) in [5, 5.41) is 14.1. The molecule has 0 atom stereocenters. The Bertz CT molecular complexity index is 1420. The molecule has 2 aromatic heterocycles. The van der Waals surface area contributed by atoms with Crippen molar-refractivity contribution in [2.45, 2.75) is 10.9 Å². The van der Waals surface area contributed by atoms with E-state index in [1.807, 2.05) is 18.2 Å². The van der Waals surface area contributed by atoms with E-state index in [1.54, 1.807) is 24.3 Å². The molecule has 0 bridgehead atoms. The van der Waals surface area contributed by atoms with E-state index in [1.165, 1.54) is 13.1 Å². The third-order valence-corrected chi connectivity index (χ3v) is 8.10. The van der Waals surface area contributed by atoms with Crippen molar-refractivity contribution in [1.82, 2.24) is 24.6 Å². The Balaban J connectivity index is 1.46. The number of hydrogen-bond acceptors (Lipinski definition) is 9. The summed E-state index contributed by atoms with van der Waals surface area (Å²) < 4.78 is 32.5. The fourth-order valence-corrected chi connectivity index (χ4v) is 5.47. The van der Waals surface area contributed by atoms with Crippen LogP contribution in [0.25, 0.3) is 11.4 Å². The topological polar surface area (TPSA) is 131 Å². The van der Waals surface area contributed by atoms with Crippen molar-refractivity contribution in [2.24, 2.45) is 0 Å². The van der Waals surface area contributed by atoms with Gasteiger partial charge in [0.1, 0.15) is 0 Å². The molecule has 2 heterocycles. The van der Waals surface area contributed by atoms with E-state index in [4.69, 9.17) is 16.1 Å². The van der Waals surface area contributed by atoms with E-state index >= 15 is 0 Å². The lowest BCUT2D eigenvalue weighted by molar-refractivity contribution is 0.102. The second kappa shape index (κ2) is 9.65. The zero-order chi connectivity index (χ0) is 23.6. The lowest BCUT2D eigenvalue weighted by Gasteiger charge is -2.11. The molecule has 10 nitrogen and oxygen atoms in total. The van der Waals surface area contributed by atoms with Crippen molar-refractivity contribution in [2.75, 3.05) is 12.4 Å². The number of aromatic nitrogens is 4. The van der Waals surface area contributed by atoms with Crippen LogP contribution >= 0.6 is 38.9 Å². The normalized spacial score (nSPS) is 11.6. The van der Waals surface area contributed by atoms with E-state index < -0.39 is 15.9 Å².